The molecule has 0 radical (unpaired) electrons. The lowest BCUT2D eigenvalue weighted by Crippen LogP contribution is -2.51. The number of rotatable bonds is 9. The molecule has 7 nitrogen and oxygen atoms in total. The molecule has 0 bridgehead atoms. The van der Waals surface area contributed by atoms with E-state index in [0.29, 0.717) is 12.5 Å². The predicted molar refractivity (Wildman–Crippen MR) is 102 cm³/mol. The highest BCUT2D eigenvalue weighted by atomic mass is 32.2. The third-order valence-electron chi connectivity index (χ3n) is 3.97. The summed E-state index contributed by atoms with van der Waals surface area (Å²) in [7, 11) is -2.14. The number of hydrogen-bond donors (Lipinski definition) is 1. The van der Waals surface area contributed by atoms with E-state index in [2.05, 4.69) is 5.32 Å². The highest BCUT2D eigenvalue weighted by Crippen LogP contribution is 2.11. The molecular weight excluding hydrogens is 354 g/mol. The fraction of sp³-hybridized carbons (Fsp3) is 0.556. The maximum Gasteiger partial charge on any atom is 0.242 e. The second-order valence-electron chi connectivity index (χ2n) is 6.84. The smallest absolute Gasteiger partial charge is 0.242 e. The Hall–Kier alpha value is -1.93. The first-order chi connectivity index (χ1) is 12.0. The van der Waals surface area contributed by atoms with Gasteiger partial charge in [0.2, 0.25) is 21.8 Å². The maximum absolute atomic E-state index is 12.7. The molecule has 1 N–H and O–H groups in total. The standard InChI is InChI=1S/C18H29N3O4S/c1-14(2)11-19-18(23)15(3)21(12-16-9-7-6-8-10-16)17(22)13-20(4)26(5,24)25/h6-10,14-15H,11-13H2,1-5H3,(H,19,23)/t15-/m1/s1. The molecule has 0 aromatic heterocycles. The summed E-state index contributed by atoms with van der Waals surface area (Å²) in [6, 6.07) is 8.58. The number of carbonyl (C=O) groups is 2. The van der Waals surface area contributed by atoms with E-state index >= 15 is 0 Å². The first-order valence-corrected chi connectivity index (χ1v) is 10.4. The van der Waals surface area contributed by atoms with Crippen molar-refractivity contribution in [3.05, 3.63) is 35.9 Å². The molecule has 8 heteroatoms. The Balaban J connectivity index is 2.97. The zero-order valence-electron chi connectivity index (χ0n) is 16.1. The van der Waals surface area contributed by atoms with Gasteiger partial charge in [-0.2, -0.15) is 4.31 Å². The Morgan fingerprint density at radius 3 is 2.19 bits per heavy atom. The monoisotopic (exact) mass is 383 g/mol. The molecule has 0 unspecified atom stereocenters. The van der Waals surface area contributed by atoms with Crippen LogP contribution in [0.5, 0.6) is 0 Å². The number of sulfonamides is 1. The van der Waals surface area contributed by atoms with Gasteiger partial charge in [-0.15, -0.1) is 0 Å². The molecule has 1 aromatic carbocycles. The van der Waals surface area contributed by atoms with Gasteiger partial charge in [-0.3, -0.25) is 9.59 Å². The second kappa shape index (κ2) is 9.68. The SMILES string of the molecule is CC(C)CNC(=O)[C@@H](C)N(Cc1ccccc1)C(=O)CN(C)S(C)(=O)=O. The molecule has 0 fully saturated rings. The average Bonchev–Trinajstić information content (AvgIpc) is 2.56. The van der Waals surface area contributed by atoms with Crippen LogP contribution in [0.2, 0.25) is 0 Å². The van der Waals surface area contributed by atoms with Gasteiger partial charge in [-0.1, -0.05) is 44.2 Å². The Morgan fingerprint density at radius 1 is 1.12 bits per heavy atom. The molecule has 0 saturated carbocycles. The number of hydrogen-bond acceptors (Lipinski definition) is 4. The summed E-state index contributed by atoms with van der Waals surface area (Å²) in [5.74, 6) is -0.389. The molecule has 0 spiro atoms. The van der Waals surface area contributed by atoms with Crippen LogP contribution in [0, 0.1) is 5.92 Å². The minimum atomic E-state index is -3.49. The molecule has 2 amide bonds. The number of carbonyl (C=O) groups excluding carboxylic acids is 2. The zero-order valence-corrected chi connectivity index (χ0v) is 16.9. The van der Waals surface area contributed by atoms with Gasteiger partial charge in [-0.05, 0) is 18.4 Å². The van der Waals surface area contributed by atoms with Crippen LogP contribution in [0.4, 0.5) is 0 Å². The van der Waals surface area contributed by atoms with E-state index in [4.69, 9.17) is 0 Å². The van der Waals surface area contributed by atoms with Crippen molar-refractivity contribution in [3.8, 4) is 0 Å². The fourth-order valence-electron chi connectivity index (χ4n) is 2.21. The molecule has 0 aliphatic heterocycles. The van der Waals surface area contributed by atoms with Crippen molar-refractivity contribution in [1.29, 1.82) is 0 Å². The topological polar surface area (TPSA) is 86.8 Å². The number of nitrogens with one attached hydrogen (secondary N) is 1. The van der Waals surface area contributed by atoms with Crippen molar-refractivity contribution in [2.45, 2.75) is 33.4 Å². The lowest BCUT2D eigenvalue weighted by Gasteiger charge is -2.30. The van der Waals surface area contributed by atoms with Crippen LogP contribution in [0.25, 0.3) is 0 Å². The van der Waals surface area contributed by atoms with Gasteiger partial charge in [0.25, 0.3) is 0 Å². The largest absolute Gasteiger partial charge is 0.354 e. The van der Waals surface area contributed by atoms with E-state index in [9.17, 15) is 18.0 Å². The third kappa shape index (κ3) is 7.13. The van der Waals surface area contributed by atoms with Gasteiger partial charge in [0.05, 0.1) is 12.8 Å². The van der Waals surface area contributed by atoms with Crippen molar-refractivity contribution >= 4 is 21.8 Å². The molecule has 1 rings (SSSR count). The van der Waals surface area contributed by atoms with E-state index in [0.717, 1.165) is 16.1 Å². The maximum atomic E-state index is 12.7. The Morgan fingerprint density at radius 2 is 1.69 bits per heavy atom. The Labute approximate surface area is 156 Å². The third-order valence-corrected chi connectivity index (χ3v) is 5.23. The molecule has 1 aromatic rings. The van der Waals surface area contributed by atoms with Crippen LogP contribution >= 0.6 is 0 Å². The number of likely N-dealkylation sites (N-methyl/N-ethyl adjacent to an activating group) is 1. The van der Waals surface area contributed by atoms with Crippen LogP contribution in [0.15, 0.2) is 30.3 Å². The fourth-order valence-corrected chi connectivity index (χ4v) is 2.56. The van der Waals surface area contributed by atoms with Crippen LogP contribution in [-0.2, 0) is 26.2 Å². The van der Waals surface area contributed by atoms with E-state index in [1.54, 1.807) is 6.92 Å². The summed E-state index contributed by atoms with van der Waals surface area (Å²) in [5.41, 5.74) is 0.867. The highest BCUT2D eigenvalue weighted by molar-refractivity contribution is 7.88. The van der Waals surface area contributed by atoms with E-state index in [-0.39, 0.29) is 19.0 Å². The first-order valence-electron chi connectivity index (χ1n) is 8.54. The quantitative estimate of drug-likeness (QED) is 0.691. The summed E-state index contributed by atoms with van der Waals surface area (Å²) in [6.45, 7) is 6.05. The number of amides is 2. The normalized spacial score (nSPS) is 12.9. The van der Waals surface area contributed by atoms with Crippen molar-refractivity contribution in [1.82, 2.24) is 14.5 Å². The lowest BCUT2D eigenvalue weighted by atomic mass is 10.1. The lowest BCUT2D eigenvalue weighted by molar-refractivity contribution is -0.140. The summed E-state index contributed by atoms with van der Waals surface area (Å²) in [5, 5.41) is 2.82. The molecular formula is C18H29N3O4S. The summed E-state index contributed by atoms with van der Waals surface area (Å²) in [6.07, 6.45) is 1.04. The first kappa shape index (κ1) is 22.1. The predicted octanol–water partition coefficient (Wildman–Crippen LogP) is 1.07. The van der Waals surface area contributed by atoms with Crippen molar-refractivity contribution in [2.24, 2.45) is 5.92 Å². The minimum Gasteiger partial charge on any atom is -0.354 e. The number of nitrogens with zero attached hydrogens (tertiary/aromatic N) is 2. The highest BCUT2D eigenvalue weighted by Gasteiger charge is 2.28. The van der Waals surface area contributed by atoms with Crippen LogP contribution in [0.3, 0.4) is 0 Å². The Bertz CT molecular complexity index is 704. The summed E-state index contributed by atoms with van der Waals surface area (Å²) in [4.78, 5) is 26.6. The zero-order chi connectivity index (χ0) is 19.9. The van der Waals surface area contributed by atoms with Crippen molar-refractivity contribution in [2.75, 3.05) is 26.4 Å². The minimum absolute atomic E-state index is 0.230. The molecule has 0 aliphatic rings. The van der Waals surface area contributed by atoms with Crippen LogP contribution < -0.4 is 5.32 Å². The molecule has 146 valence electrons. The Kier molecular flexibility index (Phi) is 8.23. The summed E-state index contributed by atoms with van der Waals surface area (Å²) < 4.78 is 24.2. The molecule has 0 aliphatic carbocycles. The van der Waals surface area contributed by atoms with Crippen molar-refractivity contribution in [3.63, 3.8) is 0 Å². The van der Waals surface area contributed by atoms with Gasteiger partial charge >= 0.3 is 0 Å². The molecule has 1 atom stereocenters. The summed E-state index contributed by atoms with van der Waals surface area (Å²) >= 11 is 0. The van der Waals surface area contributed by atoms with Gasteiger partial charge in [0, 0.05) is 20.1 Å². The molecule has 0 saturated heterocycles. The van der Waals surface area contributed by atoms with E-state index in [1.807, 2.05) is 44.2 Å². The molecule has 0 heterocycles. The molecule has 26 heavy (non-hydrogen) atoms. The number of benzene rings is 1. The van der Waals surface area contributed by atoms with Gasteiger partial charge in [0.1, 0.15) is 6.04 Å². The van der Waals surface area contributed by atoms with Gasteiger partial charge in [-0.25, -0.2) is 8.42 Å². The van der Waals surface area contributed by atoms with Gasteiger partial charge < -0.3 is 10.2 Å². The van der Waals surface area contributed by atoms with Crippen molar-refractivity contribution < 1.29 is 18.0 Å². The van der Waals surface area contributed by atoms with E-state index in [1.165, 1.54) is 11.9 Å². The van der Waals surface area contributed by atoms with Crippen LogP contribution in [0.1, 0.15) is 26.3 Å². The van der Waals surface area contributed by atoms with E-state index < -0.39 is 22.0 Å². The van der Waals surface area contributed by atoms with Crippen LogP contribution in [-0.4, -0.2) is 61.9 Å². The second-order valence-corrected chi connectivity index (χ2v) is 8.93. The average molecular weight is 384 g/mol. The van der Waals surface area contributed by atoms with Gasteiger partial charge in [0.15, 0.2) is 0 Å².